The Morgan fingerprint density at radius 1 is 1.12 bits per heavy atom. The van der Waals surface area contributed by atoms with Gasteiger partial charge in [-0.1, -0.05) is 0 Å². The highest BCUT2D eigenvalue weighted by atomic mass is 19.1. The van der Waals surface area contributed by atoms with E-state index in [2.05, 4.69) is 20.6 Å². The normalized spacial score (nSPS) is 11.1. The van der Waals surface area contributed by atoms with Crippen molar-refractivity contribution in [2.45, 2.75) is 0 Å². The largest absolute Gasteiger partial charge is 0.432 e. The number of anilines is 1. The van der Waals surface area contributed by atoms with Crippen LogP contribution in [0.5, 0.6) is 0 Å². The van der Waals surface area contributed by atoms with Gasteiger partial charge in [-0.3, -0.25) is 4.40 Å². The van der Waals surface area contributed by atoms with Crippen molar-refractivity contribution in [1.29, 1.82) is 0 Å². The molecule has 24 heavy (non-hydrogen) atoms. The van der Waals surface area contributed by atoms with Gasteiger partial charge in [0.15, 0.2) is 5.82 Å². The fourth-order valence-corrected chi connectivity index (χ4v) is 2.44. The van der Waals surface area contributed by atoms with Gasteiger partial charge in [-0.25, -0.2) is 14.6 Å². The number of nitrogens with zero attached hydrogens (tertiary/aromatic N) is 4. The van der Waals surface area contributed by atoms with Crippen molar-refractivity contribution < 1.29 is 13.2 Å². The number of halogens is 2. The molecule has 0 saturated heterocycles. The van der Waals surface area contributed by atoms with E-state index in [0.717, 1.165) is 12.1 Å². The number of rotatable bonds is 3. The van der Waals surface area contributed by atoms with E-state index in [-0.39, 0.29) is 17.1 Å². The quantitative estimate of drug-likeness (QED) is 0.443. The molecule has 120 valence electrons. The second-order valence-corrected chi connectivity index (χ2v) is 4.94. The first kappa shape index (κ1) is 14.3. The van der Waals surface area contributed by atoms with E-state index in [1.54, 1.807) is 22.7 Å². The Morgan fingerprint density at radius 3 is 2.71 bits per heavy atom. The second-order valence-electron chi connectivity index (χ2n) is 4.94. The highest BCUT2D eigenvalue weighted by Gasteiger charge is 2.21. The van der Waals surface area contributed by atoms with E-state index < -0.39 is 11.6 Å². The molecule has 1 aromatic carbocycles. The second kappa shape index (κ2) is 5.39. The van der Waals surface area contributed by atoms with Crippen molar-refractivity contribution in [1.82, 2.24) is 19.6 Å². The van der Waals surface area contributed by atoms with Crippen molar-refractivity contribution in [3.63, 3.8) is 0 Å². The maximum absolute atomic E-state index is 14.2. The van der Waals surface area contributed by atoms with Gasteiger partial charge in [0.05, 0.1) is 0 Å². The maximum atomic E-state index is 14.2. The van der Waals surface area contributed by atoms with Gasteiger partial charge < -0.3 is 9.84 Å². The van der Waals surface area contributed by atoms with E-state index in [1.165, 1.54) is 12.3 Å². The molecule has 3 heterocycles. The predicted molar refractivity (Wildman–Crippen MR) is 81.6 cm³/mol. The summed E-state index contributed by atoms with van der Waals surface area (Å²) < 4.78 is 34.3. The van der Waals surface area contributed by atoms with Crippen LogP contribution in [0.4, 0.5) is 14.6 Å². The number of imidazole rings is 1. The van der Waals surface area contributed by atoms with Crippen molar-refractivity contribution in [3.8, 4) is 22.6 Å². The van der Waals surface area contributed by atoms with Crippen LogP contribution in [0.1, 0.15) is 0 Å². The molecule has 3 aromatic heterocycles. The van der Waals surface area contributed by atoms with Gasteiger partial charge in [0.25, 0.3) is 0 Å². The summed E-state index contributed by atoms with van der Waals surface area (Å²) >= 11 is 0. The Bertz CT molecular complexity index is 1020. The van der Waals surface area contributed by atoms with E-state index in [1.807, 2.05) is 0 Å². The van der Waals surface area contributed by atoms with Gasteiger partial charge in [-0.05, 0) is 24.3 Å². The third-order valence-corrected chi connectivity index (χ3v) is 3.50. The molecule has 9 heteroatoms. The Morgan fingerprint density at radius 2 is 2.00 bits per heavy atom. The molecule has 7 nitrogen and oxygen atoms in total. The third kappa shape index (κ3) is 2.18. The van der Waals surface area contributed by atoms with Crippen molar-refractivity contribution in [3.05, 3.63) is 54.4 Å². The lowest BCUT2D eigenvalue weighted by molar-refractivity contribution is 0.585. The first-order valence-corrected chi connectivity index (χ1v) is 6.89. The minimum absolute atomic E-state index is 0.133. The molecule has 4 rings (SSSR count). The van der Waals surface area contributed by atoms with Crippen LogP contribution in [0, 0.1) is 11.6 Å². The summed E-state index contributed by atoms with van der Waals surface area (Å²) in [4.78, 5) is 4.28. The number of hydrogen-bond donors (Lipinski definition) is 2. The molecule has 0 aliphatic heterocycles. The van der Waals surface area contributed by atoms with Gasteiger partial charge >= 0.3 is 5.84 Å². The van der Waals surface area contributed by atoms with Gasteiger partial charge in [-0.15, -0.1) is 10.2 Å². The lowest BCUT2D eigenvalue weighted by Crippen LogP contribution is -2.09. The molecule has 3 N–H and O–H groups in total. The lowest BCUT2D eigenvalue weighted by Gasteiger charge is -2.05. The molecule has 0 unspecified atom stereocenters. The van der Waals surface area contributed by atoms with Crippen molar-refractivity contribution in [2.24, 2.45) is 5.84 Å². The number of hydrogen-bond acceptors (Lipinski definition) is 6. The molecule has 4 aromatic rings. The van der Waals surface area contributed by atoms with Crippen LogP contribution in [0.2, 0.25) is 0 Å². The summed E-state index contributed by atoms with van der Waals surface area (Å²) in [5.74, 6) is 4.51. The molecule has 0 atom stereocenters. The summed E-state index contributed by atoms with van der Waals surface area (Å²) in [5.41, 5.74) is 3.69. The van der Waals surface area contributed by atoms with Crippen LogP contribution >= 0.6 is 0 Å². The van der Waals surface area contributed by atoms with Crippen LogP contribution in [-0.2, 0) is 0 Å². The van der Waals surface area contributed by atoms with E-state index in [9.17, 15) is 8.78 Å². The maximum Gasteiger partial charge on any atom is 0.306 e. The number of hydrazine groups is 1. The minimum Gasteiger partial charge on any atom is -0.432 e. The van der Waals surface area contributed by atoms with Crippen molar-refractivity contribution >= 4 is 11.7 Å². The predicted octanol–water partition coefficient (Wildman–Crippen LogP) is 2.62. The zero-order valence-electron chi connectivity index (χ0n) is 12.1. The number of fused-ring (bicyclic) bond motifs is 1. The monoisotopic (exact) mass is 328 g/mol. The molecular formula is C15H10F2N6O. The summed E-state index contributed by atoms with van der Waals surface area (Å²) in [6, 6.07) is 6.55. The highest BCUT2D eigenvalue weighted by Crippen LogP contribution is 2.33. The molecule has 0 radical (unpaired) electrons. The zero-order valence-corrected chi connectivity index (χ0v) is 12.1. The Balaban J connectivity index is 1.97. The summed E-state index contributed by atoms with van der Waals surface area (Å²) in [6.45, 7) is 0. The highest BCUT2D eigenvalue weighted by molar-refractivity contribution is 5.79. The molecule has 0 saturated carbocycles. The number of nitrogens with two attached hydrogens (primary N) is 1. The average molecular weight is 328 g/mol. The number of aromatic nitrogens is 4. The average Bonchev–Trinajstić information content (AvgIpc) is 3.16. The Hall–Kier alpha value is -3.33. The SMILES string of the molecule is NNc1ccc(-c2c(-c3ccc(F)cc3F)nc3occn23)nn1. The topological polar surface area (TPSA) is 94.3 Å². The molecule has 0 fully saturated rings. The van der Waals surface area contributed by atoms with Gasteiger partial charge in [0.1, 0.15) is 35.0 Å². The fourth-order valence-electron chi connectivity index (χ4n) is 2.44. The first-order valence-electron chi connectivity index (χ1n) is 6.89. The standard InChI is InChI=1S/C15H10F2N6O/c16-8-1-2-9(10(17)7-8)13-14(23-5-6-24-15(23)19-13)11-3-4-12(20-18)22-21-11/h1-7H,18H2,(H,20,22). The third-order valence-electron chi connectivity index (χ3n) is 3.50. The van der Waals surface area contributed by atoms with Crippen LogP contribution in [-0.4, -0.2) is 19.6 Å². The zero-order chi connectivity index (χ0) is 16.7. The number of nitrogens with one attached hydrogen (secondary N) is 1. The van der Waals surface area contributed by atoms with Crippen LogP contribution in [0.25, 0.3) is 28.5 Å². The molecule has 0 amide bonds. The van der Waals surface area contributed by atoms with Gasteiger partial charge in [-0.2, -0.15) is 4.98 Å². The number of nitrogen functional groups attached to an aromatic ring is 1. The van der Waals surface area contributed by atoms with Crippen LogP contribution < -0.4 is 11.3 Å². The van der Waals surface area contributed by atoms with Crippen LogP contribution in [0.15, 0.2) is 47.2 Å². The van der Waals surface area contributed by atoms with Crippen LogP contribution in [0.3, 0.4) is 0 Å². The van der Waals surface area contributed by atoms with Gasteiger partial charge in [0, 0.05) is 17.8 Å². The molecular weight excluding hydrogens is 318 g/mol. The Labute approximate surface area is 133 Å². The van der Waals surface area contributed by atoms with Gasteiger partial charge in [0.2, 0.25) is 0 Å². The minimum atomic E-state index is -0.731. The fraction of sp³-hybridized carbons (Fsp3) is 0. The number of oxazole rings is 1. The Kier molecular flexibility index (Phi) is 3.21. The summed E-state index contributed by atoms with van der Waals surface area (Å²) in [7, 11) is 0. The first-order chi connectivity index (χ1) is 11.7. The molecule has 0 spiro atoms. The van der Waals surface area contributed by atoms with E-state index in [4.69, 9.17) is 10.3 Å². The van der Waals surface area contributed by atoms with Crippen molar-refractivity contribution in [2.75, 3.05) is 5.43 Å². The molecule has 0 aliphatic rings. The number of benzene rings is 1. The smallest absolute Gasteiger partial charge is 0.306 e. The lowest BCUT2D eigenvalue weighted by atomic mass is 10.1. The summed E-state index contributed by atoms with van der Waals surface area (Å²) in [5, 5.41) is 7.97. The van der Waals surface area contributed by atoms with E-state index in [0.29, 0.717) is 17.2 Å². The van der Waals surface area contributed by atoms with E-state index >= 15 is 0 Å². The molecule has 0 aliphatic carbocycles. The molecule has 0 bridgehead atoms. The summed E-state index contributed by atoms with van der Waals surface area (Å²) in [6.07, 6.45) is 3.07.